The van der Waals surface area contributed by atoms with Gasteiger partial charge in [-0.25, -0.2) is 9.97 Å². The minimum atomic E-state index is -0.237. The fraction of sp³-hybridized carbons (Fsp3) is 0.617. The van der Waals surface area contributed by atoms with Gasteiger partial charge in [0.1, 0.15) is 10.0 Å². The molecule has 2 atom stereocenters. The summed E-state index contributed by atoms with van der Waals surface area (Å²) >= 11 is 14.9. The first-order chi connectivity index (χ1) is 51.9. The number of aryl methyl sites for hydroxylation is 2. The normalized spacial score (nSPS) is 14.6. The lowest BCUT2D eigenvalue weighted by atomic mass is 9.66. The number of thiophene rings is 6. The third-order valence-corrected chi connectivity index (χ3v) is 34.5. The molecule has 2 aliphatic heterocycles. The maximum Gasteiger partial charge on any atom is 0.261 e. The Kier molecular flexibility index (Phi) is 32.6. The quantitative estimate of drug-likeness (QED) is 0.0357. The highest BCUT2D eigenvalue weighted by molar-refractivity contribution is 7.27. The SMILES string of the molecule is CCCCCCCCC(CCCCCC)CN1C(=O)C2=C(c3cnc(-c4ccc(C(C)(C)C(C)(C)c5ccc(-c6cc(CCCCCC)c(-c7sc(C(C)(C)C)cc7CCCCCC)s6)s5)s4)s3)N(CC(CCCCCC)CCCCCCCC)C(=O)C2=C1c1cnc(-c2ccc(-c3ccc(C(C)(C)C)s3)s2)s1. The number of thiazole rings is 2. The van der Waals surface area contributed by atoms with Gasteiger partial charge in [-0.3, -0.25) is 9.59 Å². The smallest absolute Gasteiger partial charge is 0.261 e. The molecule has 590 valence electrons. The van der Waals surface area contributed by atoms with E-state index in [2.05, 4.69) is 193 Å². The number of hydrogen-bond acceptors (Lipinski definition) is 12. The van der Waals surface area contributed by atoms with Gasteiger partial charge in [-0.2, -0.15) is 0 Å². The summed E-state index contributed by atoms with van der Waals surface area (Å²) in [5.41, 5.74) is 5.56. The van der Waals surface area contributed by atoms with Gasteiger partial charge in [-0.05, 0) is 146 Å². The van der Waals surface area contributed by atoms with Gasteiger partial charge >= 0.3 is 0 Å². The predicted octanol–water partition coefficient (Wildman–Crippen LogP) is 31.9. The van der Waals surface area contributed by atoms with Crippen molar-refractivity contribution in [1.82, 2.24) is 19.8 Å². The Morgan fingerprint density at radius 2 is 0.657 bits per heavy atom. The summed E-state index contributed by atoms with van der Waals surface area (Å²) < 4.78 is 0. The van der Waals surface area contributed by atoms with Crippen LogP contribution in [0.5, 0.6) is 0 Å². The zero-order valence-corrected chi connectivity index (χ0v) is 75.9. The van der Waals surface area contributed by atoms with Crippen LogP contribution in [-0.2, 0) is 44.1 Å². The second kappa shape index (κ2) is 40.7. The fourth-order valence-corrected chi connectivity index (χ4v) is 25.4. The summed E-state index contributed by atoms with van der Waals surface area (Å²) in [5, 5.41) is 1.86. The number of hydrogen-bond donors (Lipinski definition) is 0. The molecule has 0 fully saturated rings. The standard InChI is InChI=1S/C94H134N4O2S8/c1-17-23-29-35-37-41-47-65(45-39-31-25-19-3)63-97-83(75-61-95-87(106-75)72-52-51-69(101-72)70-53-56-77(102-70)91(7,8)9)81-82(90(97)100)84(98(89(81)99)64-66(46-40-32-26-20-4)48-42-38-36-30-24-18-2)76-62-96-88(107-76)73-55-58-79(104-73)94(15,16)93(13,14)78-57-54-71(103-78)74-59-67(49-43-33-27-21-5)85(105-74)86-68(50-44-34-28-22-6)60-80(108-86)92(10,11)12/h51-62,65-66H,17-50,63-64H2,1-16H3. The molecule has 0 N–H and O–H groups in total. The van der Waals surface area contributed by atoms with Crippen LogP contribution in [0, 0.1) is 11.8 Å². The van der Waals surface area contributed by atoms with Crippen molar-refractivity contribution >= 4 is 114 Å². The minimum absolute atomic E-state index is 0.0283. The van der Waals surface area contributed by atoms with Gasteiger partial charge in [0.15, 0.2) is 0 Å². The first kappa shape index (κ1) is 86.3. The van der Waals surface area contributed by atoms with Crippen LogP contribution in [0.25, 0.3) is 60.4 Å². The number of aromatic nitrogens is 2. The Balaban J connectivity index is 1.02. The maximum absolute atomic E-state index is 16.5. The van der Waals surface area contributed by atoms with Crippen molar-refractivity contribution in [3.05, 3.63) is 125 Å². The fourth-order valence-electron chi connectivity index (χ4n) is 15.8. The maximum atomic E-state index is 16.5. The van der Waals surface area contributed by atoms with E-state index in [9.17, 15) is 0 Å². The molecule has 8 aromatic heterocycles. The molecule has 6 nitrogen and oxygen atoms in total. The molecule has 0 saturated carbocycles. The molecule has 0 aliphatic carbocycles. The summed E-state index contributed by atoms with van der Waals surface area (Å²) in [4.78, 5) is 65.7. The summed E-state index contributed by atoms with van der Waals surface area (Å²) in [6.45, 7) is 38.8. The number of fused-ring (bicyclic) bond motifs is 1. The first-order valence-electron chi connectivity index (χ1n) is 42.7. The summed E-state index contributed by atoms with van der Waals surface area (Å²) in [5.74, 6) is 0.562. The number of nitrogens with zero attached hydrogens (tertiary/aromatic N) is 4. The van der Waals surface area contributed by atoms with Crippen molar-refractivity contribution in [2.24, 2.45) is 11.8 Å². The molecular weight excluding hydrogens is 1470 g/mol. The molecule has 0 aromatic carbocycles. The Bertz CT molecular complexity index is 4180. The molecule has 0 spiro atoms. The lowest BCUT2D eigenvalue weighted by molar-refractivity contribution is -0.124. The van der Waals surface area contributed by atoms with Crippen LogP contribution in [0.4, 0.5) is 0 Å². The van der Waals surface area contributed by atoms with E-state index < -0.39 is 0 Å². The second-order valence-corrected chi connectivity index (χ2v) is 43.3. The average Bonchev–Trinajstić information content (AvgIpc) is 1.59. The van der Waals surface area contributed by atoms with E-state index >= 15 is 9.59 Å². The van der Waals surface area contributed by atoms with E-state index in [0.717, 1.165) is 105 Å². The summed E-state index contributed by atoms with van der Waals surface area (Å²) in [7, 11) is 0. The van der Waals surface area contributed by atoms with Crippen molar-refractivity contribution < 1.29 is 9.59 Å². The lowest BCUT2D eigenvalue weighted by Crippen LogP contribution is -2.39. The molecule has 10 heterocycles. The summed E-state index contributed by atoms with van der Waals surface area (Å²) in [6, 6.07) is 23.7. The molecule has 0 saturated heterocycles. The monoisotopic (exact) mass is 1610 g/mol. The zero-order valence-electron chi connectivity index (χ0n) is 69.4. The van der Waals surface area contributed by atoms with E-state index in [0.29, 0.717) is 36.1 Å². The molecule has 10 rings (SSSR count). The van der Waals surface area contributed by atoms with Gasteiger partial charge in [0, 0.05) is 85.1 Å². The van der Waals surface area contributed by atoms with Gasteiger partial charge in [0.05, 0.1) is 42.0 Å². The highest BCUT2D eigenvalue weighted by Gasteiger charge is 2.51. The van der Waals surface area contributed by atoms with Gasteiger partial charge in [0.25, 0.3) is 11.8 Å². The van der Waals surface area contributed by atoms with Crippen LogP contribution in [-0.4, -0.2) is 44.7 Å². The van der Waals surface area contributed by atoms with E-state index in [4.69, 9.17) is 9.97 Å². The number of carbonyl (C=O) groups is 2. The zero-order chi connectivity index (χ0) is 77.2. The number of rotatable bonds is 48. The molecule has 2 amide bonds. The van der Waals surface area contributed by atoms with Crippen LogP contribution in [0.15, 0.2) is 84.2 Å². The predicted molar refractivity (Wildman–Crippen MR) is 482 cm³/mol. The molecule has 8 aromatic rings. The van der Waals surface area contributed by atoms with E-state index in [1.807, 2.05) is 57.7 Å². The summed E-state index contributed by atoms with van der Waals surface area (Å²) in [6.07, 6.45) is 45.2. The van der Waals surface area contributed by atoms with Crippen molar-refractivity contribution in [1.29, 1.82) is 0 Å². The number of amides is 2. The molecule has 2 unspecified atom stereocenters. The topological polar surface area (TPSA) is 66.4 Å². The molecule has 0 radical (unpaired) electrons. The van der Waals surface area contributed by atoms with Gasteiger partial charge < -0.3 is 9.80 Å². The molecule has 2 aliphatic rings. The van der Waals surface area contributed by atoms with Crippen molar-refractivity contribution in [3.8, 4) is 49.0 Å². The second-order valence-electron chi connectivity index (χ2n) is 34.8. The van der Waals surface area contributed by atoms with Crippen molar-refractivity contribution in [2.45, 2.75) is 351 Å². The Morgan fingerprint density at radius 3 is 1.10 bits per heavy atom. The Labute approximate surface area is 686 Å². The third-order valence-electron chi connectivity index (χ3n) is 23.4. The third kappa shape index (κ3) is 21.6. The van der Waals surface area contributed by atoms with Gasteiger partial charge in [-0.1, -0.05) is 278 Å². The van der Waals surface area contributed by atoms with Crippen LogP contribution in [0.1, 0.15) is 357 Å². The van der Waals surface area contributed by atoms with Crippen LogP contribution < -0.4 is 0 Å². The molecule has 0 bridgehead atoms. The van der Waals surface area contributed by atoms with Gasteiger partial charge in [0.2, 0.25) is 0 Å². The molecule has 108 heavy (non-hydrogen) atoms. The van der Waals surface area contributed by atoms with Gasteiger partial charge in [-0.15, -0.1) is 90.7 Å². The van der Waals surface area contributed by atoms with Crippen molar-refractivity contribution in [2.75, 3.05) is 13.1 Å². The Morgan fingerprint density at radius 1 is 0.324 bits per heavy atom. The highest BCUT2D eigenvalue weighted by atomic mass is 32.1. The van der Waals surface area contributed by atoms with Crippen LogP contribution in [0.2, 0.25) is 0 Å². The Hall–Kier alpha value is -4.12. The van der Waals surface area contributed by atoms with Crippen LogP contribution >= 0.6 is 90.7 Å². The molecule has 14 heteroatoms. The van der Waals surface area contributed by atoms with E-state index in [1.165, 1.54) is 208 Å². The highest BCUT2D eigenvalue weighted by Crippen LogP contribution is 2.55. The largest absolute Gasteiger partial charge is 0.306 e. The van der Waals surface area contributed by atoms with Crippen LogP contribution in [0.3, 0.4) is 0 Å². The number of unbranched alkanes of at least 4 members (excludes halogenated alkanes) is 22. The lowest BCUT2D eigenvalue weighted by Gasteiger charge is -2.40. The average molecular weight is 1610 g/mol. The minimum Gasteiger partial charge on any atom is -0.306 e. The number of carbonyl (C=O) groups excluding carboxylic acids is 2. The van der Waals surface area contributed by atoms with Crippen molar-refractivity contribution in [3.63, 3.8) is 0 Å². The van der Waals surface area contributed by atoms with E-state index in [1.54, 1.807) is 39.6 Å². The van der Waals surface area contributed by atoms with E-state index in [-0.39, 0.29) is 33.5 Å². The molecular formula is C94H134N4O2S8. The first-order valence-corrected chi connectivity index (χ1v) is 49.2.